The second kappa shape index (κ2) is 5.85. The molecule has 0 aromatic heterocycles. The number of rotatable bonds is 4. The van der Waals surface area contributed by atoms with E-state index in [0.717, 1.165) is 11.4 Å². The van der Waals surface area contributed by atoms with Crippen molar-refractivity contribution in [3.63, 3.8) is 0 Å². The number of unbranched alkanes of at least 4 members (excludes halogenated alkanes) is 1. The molecule has 1 aliphatic carbocycles. The van der Waals surface area contributed by atoms with Crippen LogP contribution in [0.4, 0.5) is 0 Å². The van der Waals surface area contributed by atoms with Crippen LogP contribution in [0.1, 0.15) is 42.9 Å². The summed E-state index contributed by atoms with van der Waals surface area (Å²) in [6, 6.07) is 16.8. The molecule has 0 heterocycles. The van der Waals surface area contributed by atoms with Crippen molar-refractivity contribution >= 4 is 17.2 Å². The summed E-state index contributed by atoms with van der Waals surface area (Å²) in [6.45, 7) is 2.23. The Hall–Kier alpha value is -1.53. The van der Waals surface area contributed by atoms with Crippen molar-refractivity contribution < 1.29 is 0 Å². The standard InChI is InChI=1S/C19H18Cl/c1-2-3-8-15-13-17-16(11-7-12-18(17)20)19(15)14-9-5-4-6-10-14/h4-7,9-13H,2-3,8H2,1H3. The summed E-state index contributed by atoms with van der Waals surface area (Å²) in [5.41, 5.74) is 6.52. The molecule has 0 unspecified atom stereocenters. The first-order valence-corrected chi connectivity index (χ1v) is 7.61. The van der Waals surface area contributed by atoms with Crippen LogP contribution < -0.4 is 0 Å². The number of hydrogen-bond donors (Lipinski definition) is 0. The molecule has 2 aromatic rings. The molecule has 0 amide bonds. The third-order valence-electron chi connectivity index (χ3n) is 3.82. The van der Waals surface area contributed by atoms with Crippen LogP contribution in [0.2, 0.25) is 5.02 Å². The van der Waals surface area contributed by atoms with Crippen LogP contribution in [-0.2, 0) is 0 Å². The molecule has 0 bridgehead atoms. The Morgan fingerprint density at radius 3 is 2.50 bits per heavy atom. The highest BCUT2D eigenvalue weighted by atomic mass is 35.5. The van der Waals surface area contributed by atoms with E-state index < -0.39 is 0 Å². The normalized spacial score (nSPS) is 13.7. The van der Waals surface area contributed by atoms with E-state index in [9.17, 15) is 0 Å². The average molecular weight is 282 g/mol. The predicted octanol–water partition coefficient (Wildman–Crippen LogP) is 5.90. The largest absolute Gasteiger partial charge is 0.0840 e. The molecular weight excluding hydrogens is 264 g/mol. The van der Waals surface area contributed by atoms with Gasteiger partial charge in [0.05, 0.1) is 0 Å². The number of allylic oxidation sites excluding steroid dienone is 1. The zero-order chi connectivity index (χ0) is 13.9. The van der Waals surface area contributed by atoms with Gasteiger partial charge in [0.2, 0.25) is 0 Å². The third kappa shape index (κ3) is 2.41. The summed E-state index contributed by atoms with van der Waals surface area (Å²) in [5.74, 6) is 0. The van der Waals surface area contributed by atoms with Gasteiger partial charge in [-0.2, -0.15) is 0 Å². The van der Waals surface area contributed by atoms with E-state index in [1.807, 2.05) is 12.1 Å². The smallest absolute Gasteiger partial charge is 0.0450 e. The maximum absolute atomic E-state index is 6.36. The van der Waals surface area contributed by atoms with E-state index in [-0.39, 0.29) is 0 Å². The summed E-state index contributed by atoms with van der Waals surface area (Å²) in [6.07, 6.45) is 5.82. The van der Waals surface area contributed by atoms with Crippen LogP contribution in [0.15, 0.2) is 54.1 Å². The molecule has 0 fully saturated rings. The van der Waals surface area contributed by atoms with Gasteiger partial charge in [-0.3, -0.25) is 0 Å². The molecule has 0 saturated heterocycles. The molecule has 0 atom stereocenters. The van der Waals surface area contributed by atoms with Gasteiger partial charge in [0, 0.05) is 11.4 Å². The second-order valence-corrected chi connectivity index (χ2v) is 5.62. The summed E-state index contributed by atoms with van der Waals surface area (Å²) in [5, 5.41) is 0.849. The lowest BCUT2D eigenvalue weighted by Crippen LogP contribution is -1.88. The van der Waals surface area contributed by atoms with Crippen molar-refractivity contribution in [2.45, 2.75) is 26.2 Å². The highest BCUT2D eigenvalue weighted by Crippen LogP contribution is 2.43. The number of fused-ring (bicyclic) bond motifs is 1. The van der Waals surface area contributed by atoms with Crippen molar-refractivity contribution in [3.05, 3.63) is 82.2 Å². The van der Waals surface area contributed by atoms with Crippen LogP contribution in [-0.4, -0.2) is 0 Å². The van der Waals surface area contributed by atoms with Crippen molar-refractivity contribution in [3.8, 4) is 0 Å². The molecular formula is C19H18Cl. The molecule has 0 N–H and O–H groups in total. The van der Waals surface area contributed by atoms with Crippen LogP contribution in [0, 0.1) is 6.42 Å². The SMILES string of the molecule is CCCCC1=C(c2ccccc2)c2cccc(Cl)c2[CH]1. The number of halogens is 1. The van der Waals surface area contributed by atoms with Gasteiger partial charge < -0.3 is 0 Å². The Labute approximate surface area is 126 Å². The van der Waals surface area contributed by atoms with Crippen LogP contribution in [0.25, 0.3) is 5.57 Å². The minimum Gasteiger partial charge on any atom is -0.0840 e. The second-order valence-electron chi connectivity index (χ2n) is 5.22. The molecule has 0 saturated carbocycles. The Kier molecular flexibility index (Phi) is 3.93. The molecule has 20 heavy (non-hydrogen) atoms. The molecule has 101 valence electrons. The van der Waals surface area contributed by atoms with Gasteiger partial charge in [0.1, 0.15) is 0 Å². The van der Waals surface area contributed by atoms with E-state index in [4.69, 9.17) is 11.6 Å². The molecule has 0 spiro atoms. The quantitative estimate of drug-likeness (QED) is 0.655. The van der Waals surface area contributed by atoms with Crippen molar-refractivity contribution in [1.82, 2.24) is 0 Å². The first-order chi connectivity index (χ1) is 9.81. The van der Waals surface area contributed by atoms with Crippen molar-refractivity contribution in [2.75, 3.05) is 0 Å². The van der Waals surface area contributed by atoms with E-state index >= 15 is 0 Å². The highest BCUT2D eigenvalue weighted by molar-refractivity contribution is 6.32. The van der Waals surface area contributed by atoms with Gasteiger partial charge in [-0.25, -0.2) is 0 Å². The van der Waals surface area contributed by atoms with Crippen LogP contribution >= 0.6 is 11.6 Å². The lowest BCUT2D eigenvalue weighted by Gasteiger charge is -2.09. The first kappa shape index (κ1) is 13.5. The fourth-order valence-electron chi connectivity index (χ4n) is 2.83. The van der Waals surface area contributed by atoms with Gasteiger partial charge in [-0.1, -0.05) is 73.0 Å². The Balaban J connectivity index is 2.11. The summed E-state index contributed by atoms with van der Waals surface area (Å²) in [4.78, 5) is 0. The molecule has 3 rings (SSSR count). The zero-order valence-corrected chi connectivity index (χ0v) is 12.5. The monoisotopic (exact) mass is 281 g/mol. The molecule has 0 aliphatic heterocycles. The maximum atomic E-state index is 6.36. The molecule has 2 aromatic carbocycles. The summed E-state index contributed by atoms with van der Waals surface area (Å²) >= 11 is 6.36. The molecule has 1 aliphatic rings. The van der Waals surface area contributed by atoms with Crippen LogP contribution in [0.5, 0.6) is 0 Å². The Bertz CT molecular complexity index is 638. The summed E-state index contributed by atoms with van der Waals surface area (Å²) in [7, 11) is 0. The molecule has 1 radical (unpaired) electrons. The van der Waals surface area contributed by atoms with Crippen molar-refractivity contribution in [2.24, 2.45) is 0 Å². The van der Waals surface area contributed by atoms with Crippen LogP contribution in [0.3, 0.4) is 0 Å². The lowest BCUT2D eigenvalue weighted by atomic mass is 9.96. The lowest BCUT2D eigenvalue weighted by molar-refractivity contribution is 0.795. The van der Waals surface area contributed by atoms with Gasteiger partial charge >= 0.3 is 0 Å². The first-order valence-electron chi connectivity index (χ1n) is 7.23. The topological polar surface area (TPSA) is 0 Å². The van der Waals surface area contributed by atoms with Gasteiger partial charge in [-0.05, 0) is 41.2 Å². The minimum atomic E-state index is 0.849. The highest BCUT2D eigenvalue weighted by Gasteiger charge is 2.24. The predicted molar refractivity (Wildman–Crippen MR) is 86.8 cm³/mol. The molecule has 1 heteroatoms. The fourth-order valence-corrected chi connectivity index (χ4v) is 3.06. The van der Waals surface area contributed by atoms with E-state index in [1.54, 1.807) is 0 Å². The van der Waals surface area contributed by atoms with E-state index in [0.29, 0.717) is 0 Å². The van der Waals surface area contributed by atoms with Gasteiger partial charge in [-0.15, -0.1) is 0 Å². The third-order valence-corrected chi connectivity index (χ3v) is 4.15. The average Bonchev–Trinajstić information content (AvgIpc) is 2.86. The Morgan fingerprint density at radius 1 is 0.950 bits per heavy atom. The number of benzene rings is 2. The maximum Gasteiger partial charge on any atom is 0.0450 e. The zero-order valence-electron chi connectivity index (χ0n) is 11.7. The Morgan fingerprint density at radius 2 is 1.75 bits per heavy atom. The van der Waals surface area contributed by atoms with E-state index in [2.05, 4.69) is 49.7 Å². The van der Waals surface area contributed by atoms with Gasteiger partial charge in [0.15, 0.2) is 0 Å². The van der Waals surface area contributed by atoms with E-state index in [1.165, 1.54) is 40.7 Å². The minimum absolute atomic E-state index is 0.849. The van der Waals surface area contributed by atoms with Gasteiger partial charge in [0.25, 0.3) is 0 Å². The summed E-state index contributed by atoms with van der Waals surface area (Å²) < 4.78 is 0. The fraction of sp³-hybridized carbons (Fsp3) is 0.211. The van der Waals surface area contributed by atoms with Crippen molar-refractivity contribution in [1.29, 1.82) is 0 Å². The number of hydrogen-bond acceptors (Lipinski definition) is 0. The molecule has 0 nitrogen and oxygen atoms in total.